The summed E-state index contributed by atoms with van der Waals surface area (Å²) in [4.78, 5) is 0. The van der Waals surface area contributed by atoms with E-state index in [0.29, 0.717) is 11.7 Å². The topological polar surface area (TPSA) is 60.9 Å². The van der Waals surface area contributed by atoms with Gasteiger partial charge in [0, 0.05) is 17.0 Å². The van der Waals surface area contributed by atoms with Gasteiger partial charge in [0.15, 0.2) is 0 Å². The minimum Gasteiger partial charge on any atom is -0.506 e. The molecule has 2 aliphatic rings. The minimum absolute atomic E-state index is 0.351. The van der Waals surface area contributed by atoms with Crippen molar-refractivity contribution in [2.75, 3.05) is 5.32 Å². The second-order valence-electron chi connectivity index (χ2n) is 6.75. The molecule has 0 saturated heterocycles. The summed E-state index contributed by atoms with van der Waals surface area (Å²) in [5.74, 6) is 0.859. The Balaban J connectivity index is 1.62. The molecule has 0 aliphatic heterocycles. The number of nitrogens with one attached hydrogen (secondary N) is 2. The van der Waals surface area contributed by atoms with Crippen LogP contribution in [-0.4, -0.2) is 15.3 Å². The first-order chi connectivity index (χ1) is 11.8. The predicted octanol–water partition coefficient (Wildman–Crippen LogP) is 4.54. The van der Waals surface area contributed by atoms with Crippen molar-refractivity contribution in [2.45, 2.75) is 31.6 Å². The first kappa shape index (κ1) is 13.7. The largest absolute Gasteiger partial charge is 0.506 e. The summed E-state index contributed by atoms with van der Waals surface area (Å²) >= 11 is 0. The molecule has 0 saturated carbocycles. The second kappa shape index (κ2) is 5.13. The average Bonchev–Trinajstić information content (AvgIpc) is 3.06. The zero-order chi connectivity index (χ0) is 16.1. The van der Waals surface area contributed by atoms with Gasteiger partial charge in [-0.05, 0) is 66.6 Å². The lowest BCUT2D eigenvalue weighted by Gasteiger charge is -2.31. The molecule has 3 N–H and O–H groups in total. The van der Waals surface area contributed by atoms with E-state index in [-0.39, 0.29) is 0 Å². The molecule has 0 radical (unpaired) electrons. The Morgan fingerprint density at radius 2 is 2.21 bits per heavy atom. The highest BCUT2D eigenvalue weighted by molar-refractivity contribution is 5.84. The molecule has 1 heterocycles. The van der Waals surface area contributed by atoms with Crippen LogP contribution >= 0.6 is 0 Å². The number of aromatic amines is 1. The van der Waals surface area contributed by atoms with Gasteiger partial charge in [-0.3, -0.25) is 5.10 Å². The standard InChI is InChI=1S/C20H19N3O/c24-18-9-13-5-1-3-12-4-2-6-16(19(12)13)20(18)22-15-8-7-14-11-21-23-17(14)10-15/h2,4,7-12,22,24H,1,3,5-6H2,(H,21,23)/t12-/m1/s1. The van der Waals surface area contributed by atoms with E-state index in [4.69, 9.17) is 0 Å². The summed E-state index contributed by atoms with van der Waals surface area (Å²) in [5, 5.41) is 22.2. The van der Waals surface area contributed by atoms with Crippen molar-refractivity contribution in [2.24, 2.45) is 0 Å². The SMILES string of the molecule is Oc1cc2c3c(c1Nc1ccc4cn[nH]c4c1)CC=C[C@H]3CCC2. The van der Waals surface area contributed by atoms with Gasteiger partial charge in [-0.2, -0.15) is 5.10 Å². The Labute approximate surface area is 140 Å². The number of phenolic OH excluding ortho intramolecular Hbond substituents is 1. The Hall–Kier alpha value is -2.75. The lowest BCUT2D eigenvalue weighted by molar-refractivity contribution is 0.474. The molecule has 1 aromatic heterocycles. The number of nitrogens with zero attached hydrogens (tertiary/aromatic N) is 1. The number of hydrogen-bond donors (Lipinski definition) is 3. The Bertz CT molecular complexity index is 970. The van der Waals surface area contributed by atoms with Crippen molar-refractivity contribution in [3.05, 3.63) is 59.3 Å². The molecule has 24 heavy (non-hydrogen) atoms. The van der Waals surface area contributed by atoms with Crippen LogP contribution in [0, 0.1) is 0 Å². The Kier molecular flexibility index (Phi) is 2.92. The number of H-pyrrole nitrogens is 1. The van der Waals surface area contributed by atoms with Gasteiger partial charge in [-0.15, -0.1) is 0 Å². The molecular weight excluding hydrogens is 298 g/mol. The van der Waals surface area contributed by atoms with Crippen molar-refractivity contribution in [1.29, 1.82) is 0 Å². The summed E-state index contributed by atoms with van der Waals surface area (Å²) in [7, 11) is 0. The molecule has 0 spiro atoms. The summed E-state index contributed by atoms with van der Waals surface area (Å²) in [5.41, 5.74) is 6.80. The van der Waals surface area contributed by atoms with Gasteiger partial charge in [0.2, 0.25) is 0 Å². The Morgan fingerprint density at radius 1 is 1.25 bits per heavy atom. The minimum atomic E-state index is 0.351. The van der Waals surface area contributed by atoms with Crippen LogP contribution in [0.25, 0.3) is 10.9 Å². The second-order valence-corrected chi connectivity index (χ2v) is 6.75. The Morgan fingerprint density at radius 3 is 3.17 bits per heavy atom. The van der Waals surface area contributed by atoms with Crippen LogP contribution in [0.2, 0.25) is 0 Å². The zero-order valence-corrected chi connectivity index (χ0v) is 13.3. The van der Waals surface area contributed by atoms with E-state index in [2.05, 4.69) is 27.7 Å². The van der Waals surface area contributed by atoms with E-state index in [0.717, 1.165) is 35.1 Å². The first-order valence-electron chi connectivity index (χ1n) is 8.54. The number of benzene rings is 2. The lowest BCUT2D eigenvalue weighted by Crippen LogP contribution is -2.15. The molecule has 0 fully saturated rings. The third kappa shape index (κ3) is 2.03. The van der Waals surface area contributed by atoms with Gasteiger partial charge in [0.05, 0.1) is 17.4 Å². The molecule has 4 heteroatoms. The molecule has 2 aliphatic carbocycles. The molecule has 120 valence electrons. The van der Waals surface area contributed by atoms with Crippen molar-refractivity contribution < 1.29 is 5.11 Å². The van der Waals surface area contributed by atoms with Gasteiger partial charge in [0.25, 0.3) is 0 Å². The van der Waals surface area contributed by atoms with E-state index in [1.807, 2.05) is 30.5 Å². The molecule has 5 rings (SSSR count). The zero-order valence-electron chi connectivity index (χ0n) is 13.3. The predicted molar refractivity (Wildman–Crippen MR) is 96.0 cm³/mol. The molecule has 0 unspecified atom stereocenters. The number of anilines is 2. The number of aromatic nitrogens is 2. The number of rotatable bonds is 2. The summed E-state index contributed by atoms with van der Waals surface area (Å²) < 4.78 is 0. The summed E-state index contributed by atoms with van der Waals surface area (Å²) in [6.45, 7) is 0. The van der Waals surface area contributed by atoms with Gasteiger partial charge < -0.3 is 10.4 Å². The molecule has 4 nitrogen and oxygen atoms in total. The number of aromatic hydroxyl groups is 1. The van der Waals surface area contributed by atoms with E-state index in [9.17, 15) is 5.11 Å². The van der Waals surface area contributed by atoms with Crippen LogP contribution in [0.4, 0.5) is 11.4 Å². The van der Waals surface area contributed by atoms with Gasteiger partial charge in [-0.1, -0.05) is 12.2 Å². The van der Waals surface area contributed by atoms with Crippen molar-refractivity contribution in [3.63, 3.8) is 0 Å². The highest BCUT2D eigenvalue weighted by Crippen LogP contribution is 2.45. The van der Waals surface area contributed by atoms with E-state index in [1.54, 1.807) is 0 Å². The molecule has 1 atom stereocenters. The van der Waals surface area contributed by atoms with Crippen LogP contribution in [0.1, 0.15) is 35.4 Å². The van der Waals surface area contributed by atoms with Crippen LogP contribution in [0.15, 0.2) is 42.6 Å². The highest BCUT2D eigenvalue weighted by atomic mass is 16.3. The number of allylic oxidation sites excluding steroid dienone is 2. The van der Waals surface area contributed by atoms with Crippen LogP contribution in [-0.2, 0) is 12.8 Å². The van der Waals surface area contributed by atoms with Gasteiger partial charge in [-0.25, -0.2) is 0 Å². The number of fused-ring (bicyclic) bond motifs is 1. The van der Waals surface area contributed by atoms with E-state index >= 15 is 0 Å². The molecule has 0 amide bonds. The average molecular weight is 317 g/mol. The molecule has 0 bridgehead atoms. The number of phenols is 1. The van der Waals surface area contributed by atoms with Crippen molar-refractivity contribution >= 4 is 22.3 Å². The van der Waals surface area contributed by atoms with Crippen LogP contribution in [0.3, 0.4) is 0 Å². The van der Waals surface area contributed by atoms with Gasteiger partial charge >= 0.3 is 0 Å². The number of aryl methyl sites for hydroxylation is 1. The van der Waals surface area contributed by atoms with E-state index < -0.39 is 0 Å². The van der Waals surface area contributed by atoms with Gasteiger partial charge in [0.1, 0.15) is 5.75 Å². The summed E-state index contributed by atoms with van der Waals surface area (Å²) in [6.07, 6.45) is 10.7. The summed E-state index contributed by atoms with van der Waals surface area (Å²) in [6, 6.07) is 8.05. The normalized spacial score (nSPS) is 18.6. The fourth-order valence-corrected chi connectivity index (χ4v) is 4.18. The molecule has 2 aromatic carbocycles. The first-order valence-corrected chi connectivity index (χ1v) is 8.54. The molecule has 3 aromatic rings. The third-order valence-electron chi connectivity index (χ3n) is 5.27. The maximum atomic E-state index is 10.6. The maximum absolute atomic E-state index is 10.6. The quantitative estimate of drug-likeness (QED) is 0.480. The smallest absolute Gasteiger partial charge is 0.139 e. The highest BCUT2D eigenvalue weighted by Gasteiger charge is 2.27. The monoisotopic (exact) mass is 317 g/mol. The third-order valence-corrected chi connectivity index (χ3v) is 5.27. The fourth-order valence-electron chi connectivity index (χ4n) is 4.18. The van der Waals surface area contributed by atoms with Crippen LogP contribution < -0.4 is 5.32 Å². The van der Waals surface area contributed by atoms with Crippen molar-refractivity contribution in [3.8, 4) is 5.75 Å². The molecular formula is C20H19N3O. The van der Waals surface area contributed by atoms with E-state index in [1.165, 1.54) is 29.5 Å². The van der Waals surface area contributed by atoms with Crippen LogP contribution in [0.5, 0.6) is 5.75 Å². The van der Waals surface area contributed by atoms with Crippen molar-refractivity contribution in [1.82, 2.24) is 10.2 Å². The fraction of sp³-hybridized carbons (Fsp3) is 0.250. The lowest BCUT2D eigenvalue weighted by atomic mass is 9.76. The number of hydrogen-bond acceptors (Lipinski definition) is 3. The maximum Gasteiger partial charge on any atom is 0.139 e.